The fourth-order valence-electron chi connectivity index (χ4n) is 3.43. The number of piperidine rings is 1. The molecule has 31 heavy (non-hydrogen) atoms. The van der Waals surface area contributed by atoms with E-state index in [0.29, 0.717) is 30.4 Å². The predicted molar refractivity (Wildman–Crippen MR) is 122 cm³/mol. The molecule has 1 aliphatic heterocycles. The van der Waals surface area contributed by atoms with Crippen molar-refractivity contribution in [3.8, 4) is 0 Å². The van der Waals surface area contributed by atoms with Crippen LogP contribution in [0.25, 0.3) is 6.08 Å². The van der Waals surface area contributed by atoms with Gasteiger partial charge in [-0.3, -0.25) is 15.6 Å². The number of aromatic nitrogens is 1. The van der Waals surface area contributed by atoms with Crippen LogP contribution in [0, 0.1) is 0 Å². The van der Waals surface area contributed by atoms with E-state index in [1.54, 1.807) is 36.5 Å². The van der Waals surface area contributed by atoms with Gasteiger partial charge in [-0.15, -0.1) is 0 Å². The zero-order chi connectivity index (χ0) is 22.1. The summed E-state index contributed by atoms with van der Waals surface area (Å²) in [5.41, 5.74) is 1.87. The molecule has 1 saturated heterocycles. The largest absolute Gasteiger partial charge is 0.337 e. The maximum Gasteiger partial charge on any atom is 0.319 e. The van der Waals surface area contributed by atoms with Crippen molar-refractivity contribution in [3.05, 3.63) is 66.0 Å². The van der Waals surface area contributed by atoms with Gasteiger partial charge in [-0.2, -0.15) is 0 Å². The highest BCUT2D eigenvalue weighted by Crippen LogP contribution is 2.13. The zero-order valence-corrected chi connectivity index (χ0v) is 17.8. The van der Waals surface area contributed by atoms with E-state index in [-0.39, 0.29) is 11.8 Å². The van der Waals surface area contributed by atoms with E-state index in [1.807, 2.05) is 23.2 Å². The fraction of sp³-hybridized carbons (Fsp3) is 0.348. The van der Waals surface area contributed by atoms with E-state index in [4.69, 9.17) is 5.84 Å². The molecule has 1 fully saturated rings. The highest BCUT2D eigenvalue weighted by molar-refractivity contribution is 6.07. The van der Waals surface area contributed by atoms with E-state index in [9.17, 15) is 9.59 Å². The van der Waals surface area contributed by atoms with Gasteiger partial charge < -0.3 is 15.5 Å². The molecule has 3 rings (SSSR count). The molecular weight excluding hydrogens is 392 g/mol. The van der Waals surface area contributed by atoms with Crippen molar-refractivity contribution >= 4 is 23.6 Å². The number of nitrogens with zero attached hydrogens (tertiary/aromatic N) is 3. The van der Waals surface area contributed by atoms with Gasteiger partial charge in [0.1, 0.15) is 0 Å². The lowest BCUT2D eigenvalue weighted by molar-refractivity contribution is 0.104. The normalized spacial score (nSPS) is 15.3. The molecule has 0 aliphatic carbocycles. The van der Waals surface area contributed by atoms with Gasteiger partial charge in [0.05, 0.1) is 5.69 Å². The van der Waals surface area contributed by atoms with Crippen LogP contribution in [0.5, 0.6) is 0 Å². The number of likely N-dealkylation sites (tertiary alicyclic amines) is 1. The molecule has 0 unspecified atom stereocenters. The van der Waals surface area contributed by atoms with Crippen LogP contribution >= 0.6 is 0 Å². The number of ketones is 1. The van der Waals surface area contributed by atoms with Crippen molar-refractivity contribution in [2.24, 2.45) is 5.84 Å². The third-order valence-corrected chi connectivity index (χ3v) is 5.33. The molecule has 0 saturated carbocycles. The molecule has 2 aromatic rings. The van der Waals surface area contributed by atoms with Crippen molar-refractivity contribution in [2.75, 3.05) is 38.5 Å². The standard InChI is InChI=1S/C23H30N6O2/c1-28-15-11-21(12-16-28)29(24)17-14-26-23(31)27-20-7-5-18(6-8-20)22(30)10-9-19-4-2-3-13-25-19/h2-10,13,21H,11-12,14-17,24H2,1H3,(H2,26,27,31). The molecular formula is C23H30N6O2. The third kappa shape index (κ3) is 7.29. The second-order valence-corrected chi connectivity index (χ2v) is 7.68. The highest BCUT2D eigenvalue weighted by Gasteiger charge is 2.20. The number of urea groups is 1. The molecule has 8 nitrogen and oxygen atoms in total. The van der Waals surface area contributed by atoms with Crippen molar-refractivity contribution in [1.29, 1.82) is 0 Å². The summed E-state index contributed by atoms with van der Waals surface area (Å²) < 4.78 is 0. The van der Waals surface area contributed by atoms with Gasteiger partial charge in [0.25, 0.3) is 0 Å². The zero-order valence-electron chi connectivity index (χ0n) is 17.8. The number of pyridine rings is 1. The molecule has 0 atom stereocenters. The van der Waals surface area contributed by atoms with Gasteiger partial charge in [-0.05, 0) is 81.5 Å². The van der Waals surface area contributed by atoms with Gasteiger partial charge in [0.2, 0.25) is 0 Å². The Morgan fingerprint density at radius 1 is 1.19 bits per heavy atom. The number of hydrazine groups is 1. The minimum atomic E-state index is -0.300. The Hall–Kier alpha value is -3.07. The van der Waals surface area contributed by atoms with Crippen LogP contribution in [0.4, 0.5) is 10.5 Å². The number of allylic oxidation sites excluding steroid dienone is 1. The number of amides is 2. The van der Waals surface area contributed by atoms with E-state index in [0.717, 1.165) is 31.6 Å². The number of rotatable bonds is 8. The van der Waals surface area contributed by atoms with Gasteiger partial charge >= 0.3 is 6.03 Å². The molecule has 1 aromatic carbocycles. The van der Waals surface area contributed by atoms with Crippen molar-refractivity contribution in [3.63, 3.8) is 0 Å². The maximum atomic E-state index is 12.3. The number of nitrogens with two attached hydrogens (primary N) is 1. The third-order valence-electron chi connectivity index (χ3n) is 5.33. The Bertz CT molecular complexity index is 877. The van der Waals surface area contributed by atoms with Crippen LogP contribution in [0.15, 0.2) is 54.7 Å². The summed E-state index contributed by atoms with van der Waals surface area (Å²) in [5, 5.41) is 7.41. The number of benzene rings is 1. The Morgan fingerprint density at radius 2 is 1.94 bits per heavy atom. The van der Waals surface area contributed by atoms with E-state index in [2.05, 4.69) is 27.6 Å². The van der Waals surface area contributed by atoms with Crippen LogP contribution in [0.1, 0.15) is 28.9 Å². The summed E-state index contributed by atoms with van der Waals surface area (Å²) in [6, 6.07) is 12.3. The minimum absolute atomic E-state index is 0.126. The SMILES string of the molecule is CN1CCC(N(N)CCNC(=O)Nc2ccc(C(=O)C=Cc3ccccn3)cc2)CC1. The Labute approximate surface area is 183 Å². The molecule has 4 N–H and O–H groups in total. The molecule has 2 heterocycles. The van der Waals surface area contributed by atoms with Crippen LogP contribution in [0.3, 0.4) is 0 Å². The van der Waals surface area contributed by atoms with E-state index < -0.39 is 0 Å². The average Bonchev–Trinajstić information content (AvgIpc) is 2.79. The lowest BCUT2D eigenvalue weighted by Gasteiger charge is -2.34. The maximum absolute atomic E-state index is 12.3. The first-order chi connectivity index (χ1) is 15.0. The second kappa shape index (κ2) is 11.4. The molecule has 2 amide bonds. The Morgan fingerprint density at radius 3 is 2.61 bits per heavy atom. The summed E-state index contributed by atoms with van der Waals surface area (Å²) in [5.74, 6) is 6.01. The molecule has 0 bridgehead atoms. The van der Waals surface area contributed by atoms with Gasteiger partial charge in [0, 0.05) is 36.6 Å². The predicted octanol–water partition coefficient (Wildman–Crippen LogP) is 2.37. The van der Waals surface area contributed by atoms with Gasteiger partial charge in [-0.25, -0.2) is 9.80 Å². The first kappa shape index (κ1) is 22.6. The summed E-state index contributed by atoms with van der Waals surface area (Å²) in [7, 11) is 2.12. The monoisotopic (exact) mass is 422 g/mol. The number of carbonyl (C=O) groups is 2. The molecule has 8 heteroatoms. The average molecular weight is 423 g/mol. The summed E-state index contributed by atoms with van der Waals surface area (Å²) in [4.78, 5) is 30.8. The Balaban J connectivity index is 1.40. The van der Waals surface area contributed by atoms with E-state index in [1.165, 1.54) is 6.08 Å². The minimum Gasteiger partial charge on any atom is -0.337 e. The summed E-state index contributed by atoms with van der Waals surface area (Å²) in [6.07, 6.45) is 6.92. The fourth-order valence-corrected chi connectivity index (χ4v) is 3.43. The molecule has 0 radical (unpaired) electrons. The van der Waals surface area contributed by atoms with Crippen LogP contribution in [-0.2, 0) is 0 Å². The first-order valence-corrected chi connectivity index (χ1v) is 10.5. The quantitative estimate of drug-likeness (QED) is 0.261. The van der Waals surface area contributed by atoms with Crippen molar-refractivity contribution < 1.29 is 9.59 Å². The van der Waals surface area contributed by atoms with Crippen LogP contribution in [-0.4, -0.2) is 66.0 Å². The first-order valence-electron chi connectivity index (χ1n) is 10.5. The number of carbonyl (C=O) groups excluding carboxylic acids is 2. The molecule has 164 valence electrons. The topological polar surface area (TPSA) is 104 Å². The van der Waals surface area contributed by atoms with Crippen molar-refractivity contribution in [2.45, 2.75) is 18.9 Å². The number of hydrogen-bond donors (Lipinski definition) is 3. The van der Waals surface area contributed by atoms with E-state index >= 15 is 0 Å². The molecule has 1 aromatic heterocycles. The molecule has 0 spiro atoms. The van der Waals surface area contributed by atoms with Crippen LogP contribution in [0.2, 0.25) is 0 Å². The number of nitrogens with one attached hydrogen (secondary N) is 2. The Kier molecular flexibility index (Phi) is 8.28. The van der Waals surface area contributed by atoms with Gasteiger partial charge in [-0.1, -0.05) is 6.07 Å². The summed E-state index contributed by atoms with van der Waals surface area (Å²) in [6.45, 7) is 3.15. The molecule has 1 aliphatic rings. The lowest BCUT2D eigenvalue weighted by atomic mass is 10.1. The number of anilines is 1. The highest BCUT2D eigenvalue weighted by atomic mass is 16.2. The van der Waals surface area contributed by atoms with Gasteiger partial charge in [0.15, 0.2) is 5.78 Å². The lowest BCUT2D eigenvalue weighted by Crippen LogP contribution is -2.50. The number of hydrogen-bond acceptors (Lipinski definition) is 6. The van der Waals surface area contributed by atoms with Crippen LogP contribution < -0.4 is 16.5 Å². The second-order valence-electron chi connectivity index (χ2n) is 7.68. The smallest absolute Gasteiger partial charge is 0.319 e. The van der Waals surface area contributed by atoms with Crippen molar-refractivity contribution in [1.82, 2.24) is 20.2 Å². The summed E-state index contributed by atoms with van der Waals surface area (Å²) >= 11 is 0.